The molecule has 16 heavy (non-hydrogen) atoms. The molecule has 1 fully saturated rings. The first kappa shape index (κ1) is 11.3. The van der Waals surface area contributed by atoms with Gasteiger partial charge in [-0.15, -0.1) is 0 Å². The Labute approximate surface area is 96.4 Å². The van der Waals surface area contributed by atoms with Crippen LogP contribution in [0, 0.1) is 5.82 Å². The lowest BCUT2D eigenvalue weighted by Gasteiger charge is -2.09. The summed E-state index contributed by atoms with van der Waals surface area (Å²) in [5, 5.41) is 3.50. The predicted octanol–water partition coefficient (Wildman–Crippen LogP) is 3.37. The van der Waals surface area contributed by atoms with Gasteiger partial charge in [-0.05, 0) is 37.1 Å². The number of rotatable bonds is 2. The molecule has 0 amide bonds. The average molecular weight is 219 g/mol. The fourth-order valence-electron chi connectivity index (χ4n) is 2.02. The van der Waals surface area contributed by atoms with E-state index in [9.17, 15) is 4.39 Å². The standard InChI is InChI=1S/C14H18FN/c15-13-8-5-12(6-9-13)7-10-14-4-2-1-3-11-16-14/h5-10,14,16H,1-4,11H2/b10-7+. The molecule has 2 rings (SSSR count). The second-order valence-electron chi connectivity index (χ2n) is 4.32. The zero-order valence-corrected chi connectivity index (χ0v) is 9.45. The molecule has 0 spiro atoms. The minimum atomic E-state index is -0.176. The van der Waals surface area contributed by atoms with Crippen LogP contribution in [0.2, 0.25) is 0 Å². The van der Waals surface area contributed by atoms with Gasteiger partial charge in [0.1, 0.15) is 5.82 Å². The minimum absolute atomic E-state index is 0.176. The molecular weight excluding hydrogens is 201 g/mol. The number of hydrogen-bond acceptors (Lipinski definition) is 1. The van der Waals surface area contributed by atoms with Crippen LogP contribution in [0.1, 0.15) is 31.2 Å². The van der Waals surface area contributed by atoms with Crippen molar-refractivity contribution in [3.8, 4) is 0 Å². The predicted molar refractivity (Wildman–Crippen MR) is 65.7 cm³/mol. The van der Waals surface area contributed by atoms with Gasteiger partial charge in [-0.1, -0.05) is 37.1 Å². The maximum atomic E-state index is 12.7. The molecule has 1 aliphatic heterocycles. The van der Waals surface area contributed by atoms with E-state index in [1.54, 1.807) is 0 Å². The molecule has 1 nitrogen and oxygen atoms in total. The van der Waals surface area contributed by atoms with Crippen molar-refractivity contribution in [2.45, 2.75) is 31.7 Å². The summed E-state index contributed by atoms with van der Waals surface area (Å²) in [6, 6.07) is 7.10. The van der Waals surface area contributed by atoms with Crippen molar-refractivity contribution in [1.29, 1.82) is 0 Å². The van der Waals surface area contributed by atoms with Crippen LogP contribution in [0.4, 0.5) is 4.39 Å². The van der Waals surface area contributed by atoms with Gasteiger partial charge < -0.3 is 5.32 Å². The SMILES string of the molecule is Fc1ccc(/C=C/C2CCCCCN2)cc1. The lowest BCUT2D eigenvalue weighted by molar-refractivity contribution is 0.599. The van der Waals surface area contributed by atoms with E-state index in [0.29, 0.717) is 6.04 Å². The molecule has 2 heteroatoms. The van der Waals surface area contributed by atoms with Crippen molar-refractivity contribution >= 4 is 6.08 Å². The fourth-order valence-corrected chi connectivity index (χ4v) is 2.02. The van der Waals surface area contributed by atoms with Crippen LogP contribution in [-0.4, -0.2) is 12.6 Å². The number of halogens is 1. The van der Waals surface area contributed by atoms with E-state index in [4.69, 9.17) is 0 Å². The van der Waals surface area contributed by atoms with Gasteiger partial charge in [0.25, 0.3) is 0 Å². The highest BCUT2D eigenvalue weighted by atomic mass is 19.1. The molecule has 0 aliphatic carbocycles. The first-order valence-corrected chi connectivity index (χ1v) is 6.02. The highest BCUT2D eigenvalue weighted by Crippen LogP contribution is 2.11. The van der Waals surface area contributed by atoms with E-state index < -0.39 is 0 Å². The van der Waals surface area contributed by atoms with Gasteiger partial charge in [0.2, 0.25) is 0 Å². The Morgan fingerprint density at radius 3 is 2.75 bits per heavy atom. The number of benzene rings is 1. The van der Waals surface area contributed by atoms with Crippen molar-refractivity contribution in [2.24, 2.45) is 0 Å². The Hall–Kier alpha value is -1.15. The third-order valence-electron chi connectivity index (χ3n) is 2.99. The normalized spacial score (nSPS) is 22.2. The summed E-state index contributed by atoms with van der Waals surface area (Å²) >= 11 is 0. The van der Waals surface area contributed by atoms with Gasteiger partial charge in [-0.25, -0.2) is 4.39 Å². The maximum Gasteiger partial charge on any atom is 0.123 e. The number of hydrogen-bond donors (Lipinski definition) is 1. The lowest BCUT2D eigenvalue weighted by Crippen LogP contribution is -2.25. The van der Waals surface area contributed by atoms with Crippen molar-refractivity contribution in [3.05, 3.63) is 41.7 Å². The quantitative estimate of drug-likeness (QED) is 0.804. The molecule has 1 heterocycles. The van der Waals surface area contributed by atoms with Crippen molar-refractivity contribution in [3.63, 3.8) is 0 Å². The fraction of sp³-hybridized carbons (Fsp3) is 0.429. The van der Waals surface area contributed by atoms with Gasteiger partial charge in [0, 0.05) is 6.04 Å². The van der Waals surface area contributed by atoms with Crippen LogP contribution in [0.3, 0.4) is 0 Å². The summed E-state index contributed by atoms with van der Waals surface area (Å²) in [4.78, 5) is 0. The lowest BCUT2D eigenvalue weighted by atomic mass is 10.1. The second kappa shape index (κ2) is 5.80. The molecule has 0 radical (unpaired) electrons. The first-order chi connectivity index (χ1) is 7.84. The highest BCUT2D eigenvalue weighted by Gasteiger charge is 2.07. The molecule has 1 aliphatic rings. The molecule has 0 bridgehead atoms. The highest BCUT2D eigenvalue weighted by molar-refractivity contribution is 5.49. The Balaban J connectivity index is 1.94. The Morgan fingerprint density at radius 1 is 1.12 bits per heavy atom. The maximum absolute atomic E-state index is 12.7. The van der Waals surface area contributed by atoms with E-state index in [1.807, 2.05) is 12.1 Å². The van der Waals surface area contributed by atoms with Crippen LogP contribution in [-0.2, 0) is 0 Å². The summed E-state index contributed by atoms with van der Waals surface area (Å²) in [6.45, 7) is 1.11. The molecule has 1 atom stereocenters. The summed E-state index contributed by atoms with van der Waals surface area (Å²) < 4.78 is 12.7. The Kier molecular flexibility index (Phi) is 4.11. The van der Waals surface area contributed by atoms with Gasteiger partial charge in [-0.2, -0.15) is 0 Å². The largest absolute Gasteiger partial charge is 0.311 e. The smallest absolute Gasteiger partial charge is 0.123 e. The zero-order valence-electron chi connectivity index (χ0n) is 9.45. The summed E-state index contributed by atoms with van der Waals surface area (Å²) in [7, 11) is 0. The first-order valence-electron chi connectivity index (χ1n) is 6.02. The van der Waals surface area contributed by atoms with Crippen LogP contribution < -0.4 is 5.32 Å². The van der Waals surface area contributed by atoms with Gasteiger partial charge in [0.15, 0.2) is 0 Å². The molecule has 1 aromatic carbocycles. The van der Waals surface area contributed by atoms with E-state index in [-0.39, 0.29) is 5.82 Å². The van der Waals surface area contributed by atoms with Gasteiger partial charge in [0.05, 0.1) is 0 Å². The van der Waals surface area contributed by atoms with Crippen LogP contribution in [0.15, 0.2) is 30.3 Å². The topological polar surface area (TPSA) is 12.0 Å². The third kappa shape index (κ3) is 3.46. The van der Waals surface area contributed by atoms with Gasteiger partial charge >= 0.3 is 0 Å². The zero-order chi connectivity index (χ0) is 11.2. The Bertz CT molecular complexity index is 334. The van der Waals surface area contributed by atoms with Crippen LogP contribution in [0.5, 0.6) is 0 Å². The van der Waals surface area contributed by atoms with Crippen LogP contribution in [0.25, 0.3) is 6.08 Å². The number of nitrogens with one attached hydrogen (secondary N) is 1. The van der Waals surface area contributed by atoms with E-state index in [2.05, 4.69) is 17.5 Å². The summed E-state index contributed by atoms with van der Waals surface area (Å²) in [5.41, 5.74) is 1.06. The second-order valence-corrected chi connectivity index (χ2v) is 4.32. The molecule has 1 N–H and O–H groups in total. The molecule has 0 saturated carbocycles. The molecule has 86 valence electrons. The summed E-state index contributed by atoms with van der Waals surface area (Å²) in [6.07, 6.45) is 9.37. The minimum Gasteiger partial charge on any atom is -0.311 e. The molecule has 1 aromatic rings. The van der Waals surface area contributed by atoms with E-state index in [0.717, 1.165) is 12.1 Å². The van der Waals surface area contributed by atoms with Crippen molar-refractivity contribution < 1.29 is 4.39 Å². The van der Waals surface area contributed by atoms with Crippen LogP contribution >= 0.6 is 0 Å². The molecular formula is C14H18FN. The Morgan fingerprint density at radius 2 is 1.94 bits per heavy atom. The van der Waals surface area contributed by atoms with Crippen molar-refractivity contribution in [1.82, 2.24) is 5.32 Å². The summed E-state index contributed by atoms with van der Waals surface area (Å²) in [5.74, 6) is -0.176. The third-order valence-corrected chi connectivity index (χ3v) is 2.99. The molecule has 1 saturated heterocycles. The molecule has 1 unspecified atom stereocenters. The molecule has 0 aromatic heterocycles. The van der Waals surface area contributed by atoms with E-state index >= 15 is 0 Å². The average Bonchev–Trinajstić information content (AvgIpc) is 2.57. The monoisotopic (exact) mass is 219 g/mol. The van der Waals surface area contributed by atoms with E-state index in [1.165, 1.54) is 37.8 Å². The van der Waals surface area contributed by atoms with Crippen molar-refractivity contribution in [2.75, 3.05) is 6.54 Å². The van der Waals surface area contributed by atoms with Gasteiger partial charge in [-0.3, -0.25) is 0 Å².